The molecule has 1 N–H and O–H groups in total. The Morgan fingerprint density at radius 1 is 1.16 bits per heavy atom. The van der Waals surface area contributed by atoms with Crippen LogP contribution >= 0.6 is 11.8 Å². The van der Waals surface area contributed by atoms with Gasteiger partial charge in [0, 0.05) is 17.3 Å². The van der Waals surface area contributed by atoms with Crippen molar-refractivity contribution < 1.29 is 28.6 Å². The number of hydrogen-bond acceptors (Lipinski definition) is 7. The van der Waals surface area contributed by atoms with E-state index in [-0.39, 0.29) is 11.4 Å². The van der Waals surface area contributed by atoms with Gasteiger partial charge in [0.1, 0.15) is 25.5 Å². The molecule has 1 fully saturated rings. The Morgan fingerprint density at radius 3 is 2.74 bits per heavy atom. The zero-order chi connectivity index (χ0) is 21.8. The van der Waals surface area contributed by atoms with E-state index in [2.05, 4.69) is 5.32 Å². The SMILES string of the molecule is CCOc1ccccc1/C=C1/SC(=O)N(CC(=O)Nc2ccc3c(c2)OCCO3)C1=O. The van der Waals surface area contributed by atoms with Crippen LogP contribution < -0.4 is 19.5 Å². The Balaban J connectivity index is 1.44. The minimum atomic E-state index is -0.515. The van der Waals surface area contributed by atoms with E-state index < -0.39 is 17.1 Å². The van der Waals surface area contributed by atoms with Gasteiger partial charge >= 0.3 is 0 Å². The number of rotatable bonds is 6. The van der Waals surface area contributed by atoms with Gasteiger partial charge in [0.05, 0.1) is 11.5 Å². The molecule has 160 valence electrons. The first-order valence-corrected chi connectivity index (χ1v) is 10.5. The number of benzene rings is 2. The minimum Gasteiger partial charge on any atom is -0.493 e. The number of carbonyl (C=O) groups is 3. The fraction of sp³-hybridized carbons (Fsp3) is 0.227. The highest BCUT2D eigenvalue weighted by Crippen LogP contribution is 2.35. The van der Waals surface area contributed by atoms with Crippen LogP contribution in [0.4, 0.5) is 10.5 Å². The first-order chi connectivity index (χ1) is 15.0. The highest BCUT2D eigenvalue weighted by molar-refractivity contribution is 8.18. The van der Waals surface area contributed by atoms with Gasteiger partial charge in [0.2, 0.25) is 5.91 Å². The fourth-order valence-electron chi connectivity index (χ4n) is 3.13. The van der Waals surface area contributed by atoms with E-state index in [0.717, 1.165) is 16.7 Å². The smallest absolute Gasteiger partial charge is 0.294 e. The van der Waals surface area contributed by atoms with E-state index in [1.54, 1.807) is 36.4 Å². The molecule has 0 unspecified atom stereocenters. The molecule has 4 rings (SSSR count). The van der Waals surface area contributed by atoms with Crippen LogP contribution in [0.25, 0.3) is 6.08 Å². The van der Waals surface area contributed by atoms with Crippen molar-refractivity contribution in [2.75, 3.05) is 31.7 Å². The summed E-state index contributed by atoms with van der Waals surface area (Å²) >= 11 is 0.797. The van der Waals surface area contributed by atoms with Crippen molar-refractivity contribution in [3.8, 4) is 17.2 Å². The number of thioether (sulfide) groups is 1. The molecule has 9 heteroatoms. The second-order valence-corrected chi connectivity index (χ2v) is 7.64. The second-order valence-electron chi connectivity index (χ2n) is 6.65. The first kappa shape index (κ1) is 20.8. The minimum absolute atomic E-state index is 0.240. The van der Waals surface area contributed by atoms with E-state index in [9.17, 15) is 14.4 Å². The summed E-state index contributed by atoms with van der Waals surface area (Å²) in [6, 6.07) is 12.3. The van der Waals surface area contributed by atoms with Crippen LogP contribution in [0.5, 0.6) is 17.2 Å². The lowest BCUT2D eigenvalue weighted by molar-refractivity contribution is -0.127. The number of imide groups is 1. The van der Waals surface area contributed by atoms with Gasteiger partial charge in [0.25, 0.3) is 11.1 Å². The maximum absolute atomic E-state index is 12.7. The van der Waals surface area contributed by atoms with Gasteiger partial charge in [-0.15, -0.1) is 0 Å². The second kappa shape index (κ2) is 9.13. The van der Waals surface area contributed by atoms with Crippen LogP contribution in [-0.4, -0.2) is 48.3 Å². The lowest BCUT2D eigenvalue weighted by Gasteiger charge is -2.19. The third kappa shape index (κ3) is 4.66. The van der Waals surface area contributed by atoms with E-state index in [1.165, 1.54) is 0 Å². The molecule has 8 nitrogen and oxygen atoms in total. The summed E-state index contributed by atoms with van der Waals surface area (Å²) in [5.41, 5.74) is 1.18. The molecule has 0 radical (unpaired) electrons. The Kier molecular flexibility index (Phi) is 6.13. The van der Waals surface area contributed by atoms with Gasteiger partial charge in [0.15, 0.2) is 11.5 Å². The summed E-state index contributed by atoms with van der Waals surface area (Å²) in [4.78, 5) is 38.7. The van der Waals surface area contributed by atoms with Crippen LogP contribution in [0.3, 0.4) is 0 Å². The summed E-state index contributed by atoms with van der Waals surface area (Å²) in [6.45, 7) is 2.86. The summed E-state index contributed by atoms with van der Waals surface area (Å²) in [7, 11) is 0. The number of carbonyl (C=O) groups excluding carboxylic acids is 3. The van der Waals surface area contributed by atoms with Crippen molar-refractivity contribution in [2.24, 2.45) is 0 Å². The summed E-state index contributed by atoms with van der Waals surface area (Å²) in [6.07, 6.45) is 1.61. The van der Waals surface area contributed by atoms with Gasteiger partial charge < -0.3 is 19.5 Å². The Bertz CT molecular complexity index is 1070. The molecule has 0 saturated carbocycles. The normalized spacial score (nSPS) is 16.5. The molecule has 2 heterocycles. The molecule has 0 aliphatic carbocycles. The molecular weight excluding hydrogens is 420 g/mol. The predicted octanol–water partition coefficient (Wildman–Crippen LogP) is 3.53. The third-order valence-electron chi connectivity index (χ3n) is 4.51. The quantitative estimate of drug-likeness (QED) is 0.687. The van der Waals surface area contributed by atoms with Crippen LogP contribution in [0, 0.1) is 0 Å². The third-order valence-corrected chi connectivity index (χ3v) is 5.41. The number of nitrogens with zero attached hydrogens (tertiary/aromatic N) is 1. The number of fused-ring (bicyclic) bond motifs is 1. The van der Waals surface area contributed by atoms with Crippen LogP contribution in [0.1, 0.15) is 12.5 Å². The molecule has 2 aromatic rings. The largest absolute Gasteiger partial charge is 0.493 e. The lowest BCUT2D eigenvalue weighted by Crippen LogP contribution is -2.36. The van der Waals surface area contributed by atoms with Crippen molar-refractivity contribution in [3.63, 3.8) is 0 Å². The van der Waals surface area contributed by atoms with Gasteiger partial charge in [-0.25, -0.2) is 0 Å². The van der Waals surface area contributed by atoms with Crippen LogP contribution in [0.2, 0.25) is 0 Å². The Morgan fingerprint density at radius 2 is 1.94 bits per heavy atom. The average Bonchev–Trinajstić information content (AvgIpc) is 3.02. The Labute approximate surface area is 183 Å². The number of amides is 3. The fourth-order valence-corrected chi connectivity index (χ4v) is 3.96. The number of nitrogens with one attached hydrogen (secondary N) is 1. The maximum atomic E-state index is 12.7. The number of ether oxygens (including phenoxy) is 3. The maximum Gasteiger partial charge on any atom is 0.294 e. The zero-order valence-corrected chi connectivity index (χ0v) is 17.6. The van der Waals surface area contributed by atoms with Crippen LogP contribution in [-0.2, 0) is 9.59 Å². The number of hydrogen-bond donors (Lipinski definition) is 1. The molecule has 2 aromatic carbocycles. The molecule has 2 aliphatic heterocycles. The van der Waals surface area contributed by atoms with Gasteiger partial charge in [-0.2, -0.15) is 0 Å². The van der Waals surface area contributed by atoms with E-state index >= 15 is 0 Å². The molecule has 3 amide bonds. The molecule has 0 spiro atoms. The topological polar surface area (TPSA) is 94.2 Å². The van der Waals surface area contributed by atoms with Crippen molar-refractivity contribution in [1.29, 1.82) is 0 Å². The molecule has 0 bridgehead atoms. The van der Waals surface area contributed by atoms with E-state index in [1.807, 2.05) is 19.1 Å². The van der Waals surface area contributed by atoms with Crippen molar-refractivity contribution in [2.45, 2.75) is 6.92 Å². The average molecular weight is 440 g/mol. The summed E-state index contributed by atoms with van der Waals surface area (Å²) < 4.78 is 16.5. The predicted molar refractivity (Wildman–Crippen MR) is 116 cm³/mol. The van der Waals surface area contributed by atoms with Crippen molar-refractivity contribution in [1.82, 2.24) is 4.90 Å². The molecular formula is C22H20N2O6S. The highest BCUT2D eigenvalue weighted by Gasteiger charge is 2.36. The monoisotopic (exact) mass is 440 g/mol. The molecule has 0 aromatic heterocycles. The van der Waals surface area contributed by atoms with Gasteiger partial charge in [-0.05, 0) is 43.0 Å². The summed E-state index contributed by atoms with van der Waals surface area (Å²) in [5.74, 6) is 0.750. The standard InChI is InChI=1S/C22H20N2O6S/c1-2-28-16-6-4-3-5-14(16)11-19-21(26)24(22(27)31-19)13-20(25)23-15-7-8-17-18(12-15)30-10-9-29-17/h3-8,11-12H,2,9-10,13H2,1H3,(H,23,25)/b19-11+. The molecule has 1 saturated heterocycles. The first-order valence-electron chi connectivity index (χ1n) is 9.72. The van der Waals surface area contributed by atoms with Crippen LogP contribution in [0.15, 0.2) is 47.4 Å². The highest BCUT2D eigenvalue weighted by atomic mass is 32.2. The molecule has 0 atom stereocenters. The summed E-state index contributed by atoms with van der Waals surface area (Å²) in [5, 5.41) is 2.18. The lowest BCUT2D eigenvalue weighted by atomic mass is 10.2. The number of para-hydroxylation sites is 1. The van der Waals surface area contributed by atoms with Crippen molar-refractivity contribution in [3.05, 3.63) is 52.9 Å². The van der Waals surface area contributed by atoms with Gasteiger partial charge in [-0.3, -0.25) is 19.3 Å². The van der Waals surface area contributed by atoms with Crippen molar-refractivity contribution >= 4 is 40.6 Å². The molecule has 31 heavy (non-hydrogen) atoms. The Hall–Kier alpha value is -3.46. The van der Waals surface area contributed by atoms with E-state index in [0.29, 0.717) is 48.3 Å². The zero-order valence-electron chi connectivity index (χ0n) is 16.8. The van der Waals surface area contributed by atoms with E-state index in [4.69, 9.17) is 14.2 Å². The molecule has 2 aliphatic rings. The van der Waals surface area contributed by atoms with Gasteiger partial charge in [-0.1, -0.05) is 18.2 Å². The number of anilines is 1.